The highest BCUT2D eigenvalue weighted by molar-refractivity contribution is 5.94. The molecule has 1 aliphatic heterocycles. The van der Waals surface area contributed by atoms with Crippen molar-refractivity contribution in [1.82, 2.24) is 5.32 Å². The van der Waals surface area contributed by atoms with Crippen molar-refractivity contribution in [1.29, 1.82) is 0 Å². The largest absolute Gasteiger partial charge is 0.454 e. The van der Waals surface area contributed by atoms with E-state index in [4.69, 9.17) is 18.6 Å². The van der Waals surface area contributed by atoms with Gasteiger partial charge in [-0.25, -0.2) is 9.59 Å². The Morgan fingerprint density at radius 1 is 1.04 bits per heavy atom. The number of carbonyl (C=O) groups is 2. The molecule has 0 radical (unpaired) electrons. The third-order valence-electron chi connectivity index (χ3n) is 4.12. The summed E-state index contributed by atoms with van der Waals surface area (Å²) in [6.45, 7) is -0.120. The van der Waals surface area contributed by atoms with Crippen LogP contribution in [-0.2, 0) is 16.1 Å². The Balaban J connectivity index is 1.34. The molecule has 2 aromatic carbocycles. The maximum atomic E-state index is 12.1. The lowest BCUT2D eigenvalue weighted by Crippen LogP contribution is -2.29. The highest BCUT2D eigenvalue weighted by Gasteiger charge is 2.17. The van der Waals surface area contributed by atoms with E-state index in [1.807, 2.05) is 0 Å². The molecular weight excluding hydrogens is 366 g/mol. The molecule has 28 heavy (non-hydrogen) atoms. The van der Waals surface area contributed by atoms with Gasteiger partial charge in [-0.15, -0.1) is 0 Å². The number of fused-ring (bicyclic) bond motifs is 2. The fourth-order valence-electron chi connectivity index (χ4n) is 2.72. The molecule has 8 nitrogen and oxygen atoms in total. The summed E-state index contributed by atoms with van der Waals surface area (Å²) in [5.41, 5.74) is 0.0939. The summed E-state index contributed by atoms with van der Waals surface area (Å²) in [5.74, 6) is -0.159. The molecular formula is C20H15NO7. The van der Waals surface area contributed by atoms with Crippen molar-refractivity contribution in [2.75, 3.05) is 13.4 Å². The Morgan fingerprint density at radius 3 is 2.75 bits per heavy atom. The van der Waals surface area contributed by atoms with Gasteiger partial charge in [0.1, 0.15) is 11.1 Å². The van der Waals surface area contributed by atoms with Gasteiger partial charge in [-0.05, 0) is 29.8 Å². The number of hydrogen-bond donors (Lipinski definition) is 1. The number of para-hydroxylation sites is 1. The molecule has 0 bridgehead atoms. The highest BCUT2D eigenvalue weighted by atomic mass is 16.7. The van der Waals surface area contributed by atoms with Crippen LogP contribution in [-0.4, -0.2) is 25.3 Å². The molecule has 1 N–H and O–H groups in total. The molecule has 142 valence electrons. The number of amides is 1. The zero-order valence-electron chi connectivity index (χ0n) is 14.6. The number of ether oxygens (including phenoxy) is 3. The molecule has 8 heteroatoms. The first-order valence-corrected chi connectivity index (χ1v) is 8.45. The fourth-order valence-corrected chi connectivity index (χ4v) is 2.72. The monoisotopic (exact) mass is 381 g/mol. The summed E-state index contributed by atoms with van der Waals surface area (Å²) >= 11 is 0. The van der Waals surface area contributed by atoms with Crippen molar-refractivity contribution in [3.05, 3.63) is 70.1 Å². The second-order valence-electron chi connectivity index (χ2n) is 6.03. The number of carbonyl (C=O) groups excluding carboxylic acids is 2. The van der Waals surface area contributed by atoms with Gasteiger partial charge in [-0.3, -0.25) is 4.79 Å². The highest BCUT2D eigenvalue weighted by Crippen LogP contribution is 2.32. The minimum Gasteiger partial charge on any atom is -0.454 e. The average molecular weight is 381 g/mol. The Kier molecular flexibility index (Phi) is 4.67. The zero-order valence-corrected chi connectivity index (χ0v) is 14.6. The molecule has 0 aliphatic carbocycles. The summed E-state index contributed by atoms with van der Waals surface area (Å²) < 4.78 is 20.5. The molecule has 0 saturated carbocycles. The van der Waals surface area contributed by atoms with Crippen LogP contribution in [0, 0.1) is 0 Å². The Hall–Kier alpha value is -3.81. The van der Waals surface area contributed by atoms with Gasteiger partial charge in [-0.2, -0.15) is 0 Å². The SMILES string of the molecule is O=C(COC(=O)c1cc2ccccc2oc1=O)NCc1ccc2c(c1)OCO2. The van der Waals surface area contributed by atoms with E-state index < -0.39 is 24.1 Å². The van der Waals surface area contributed by atoms with Gasteiger partial charge in [0, 0.05) is 11.9 Å². The molecule has 0 spiro atoms. The molecule has 3 aromatic rings. The normalized spacial score (nSPS) is 12.0. The average Bonchev–Trinajstić information content (AvgIpc) is 3.17. The van der Waals surface area contributed by atoms with Crippen LogP contribution in [0.4, 0.5) is 0 Å². The summed E-state index contributed by atoms with van der Waals surface area (Å²) in [6, 6.07) is 13.5. The van der Waals surface area contributed by atoms with Gasteiger partial charge in [-0.1, -0.05) is 24.3 Å². The predicted molar refractivity (Wildman–Crippen MR) is 97.2 cm³/mol. The van der Waals surface area contributed by atoms with Crippen molar-refractivity contribution in [2.24, 2.45) is 0 Å². The quantitative estimate of drug-likeness (QED) is 0.532. The maximum absolute atomic E-state index is 12.1. The lowest BCUT2D eigenvalue weighted by atomic mass is 10.2. The van der Waals surface area contributed by atoms with Crippen molar-refractivity contribution in [2.45, 2.75) is 6.54 Å². The van der Waals surface area contributed by atoms with E-state index in [2.05, 4.69) is 5.32 Å². The van der Waals surface area contributed by atoms with Crippen LogP contribution in [0.3, 0.4) is 0 Å². The summed E-state index contributed by atoms with van der Waals surface area (Å²) in [4.78, 5) is 36.0. The standard InChI is InChI=1S/C20H15NO7/c22-18(21-9-12-5-6-16-17(7-12)27-11-26-16)10-25-19(23)14-8-13-3-1-2-4-15(13)28-20(14)24/h1-8H,9-11H2,(H,21,22). The third kappa shape index (κ3) is 3.66. The van der Waals surface area contributed by atoms with Crippen molar-refractivity contribution >= 4 is 22.8 Å². The summed E-state index contributed by atoms with van der Waals surface area (Å²) in [5, 5.41) is 3.21. The predicted octanol–water partition coefficient (Wildman–Crippen LogP) is 1.99. The van der Waals surface area contributed by atoms with Gasteiger partial charge in [0.05, 0.1) is 0 Å². The van der Waals surface area contributed by atoms with Crippen LogP contribution >= 0.6 is 0 Å². The number of nitrogens with one attached hydrogen (secondary N) is 1. The van der Waals surface area contributed by atoms with Crippen LogP contribution in [0.1, 0.15) is 15.9 Å². The fraction of sp³-hybridized carbons (Fsp3) is 0.150. The molecule has 1 aliphatic rings. The Labute approximate surface area is 158 Å². The van der Waals surface area contributed by atoms with E-state index in [0.717, 1.165) is 5.56 Å². The lowest BCUT2D eigenvalue weighted by molar-refractivity contribution is -0.124. The van der Waals surface area contributed by atoms with E-state index in [0.29, 0.717) is 22.5 Å². The van der Waals surface area contributed by atoms with Crippen molar-refractivity contribution in [3.8, 4) is 11.5 Å². The van der Waals surface area contributed by atoms with Gasteiger partial charge in [0.2, 0.25) is 6.79 Å². The van der Waals surface area contributed by atoms with E-state index >= 15 is 0 Å². The first-order chi connectivity index (χ1) is 13.6. The Morgan fingerprint density at radius 2 is 1.86 bits per heavy atom. The van der Waals surface area contributed by atoms with Gasteiger partial charge >= 0.3 is 11.6 Å². The first kappa shape index (κ1) is 17.6. The van der Waals surface area contributed by atoms with Crippen molar-refractivity contribution < 1.29 is 28.2 Å². The van der Waals surface area contributed by atoms with E-state index in [1.165, 1.54) is 6.07 Å². The molecule has 0 atom stereocenters. The van der Waals surface area contributed by atoms with Crippen LogP contribution in [0.25, 0.3) is 11.0 Å². The zero-order chi connectivity index (χ0) is 19.5. The van der Waals surface area contributed by atoms with E-state index in [-0.39, 0.29) is 18.9 Å². The molecule has 0 fully saturated rings. The van der Waals surface area contributed by atoms with E-state index in [1.54, 1.807) is 42.5 Å². The smallest absolute Gasteiger partial charge is 0.351 e. The molecule has 4 rings (SSSR count). The van der Waals surface area contributed by atoms with Crippen LogP contribution in [0.5, 0.6) is 11.5 Å². The molecule has 0 unspecified atom stereocenters. The van der Waals surface area contributed by atoms with Crippen LogP contribution in [0.2, 0.25) is 0 Å². The maximum Gasteiger partial charge on any atom is 0.351 e. The minimum absolute atomic E-state index is 0.170. The first-order valence-electron chi connectivity index (χ1n) is 8.45. The second kappa shape index (κ2) is 7.43. The molecule has 1 amide bonds. The number of esters is 1. The number of benzene rings is 2. The van der Waals surface area contributed by atoms with Gasteiger partial charge < -0.3 is 23.9 Å². The van der Waals surface area contributed by atoms with Gasteiger partial charge in [0.15, 0.2) is 18.1 Å². The number of rotatable bonds is 5. The molecule has 1 aromatic heterocycles. The minimum atomic E-state index is -0.919. The third-order valence-corrected chi connectivity index (χ3v) is 4.12. The molecule has 2 heterocycles. The topological polar surface area (TPSA) is 104 Å². The summed E-state index contributed by atoms with van der Waals surface area (Å²) in [6.07, 6.45) is 0. The summed E-state index contributed by atoms with van der Waals surface area (Å²) in [7, 11) is 0. The number of hydrogen-bond acceptors (Lipinski definition) is 7. The molecule has 0 saturated heterocycles. The van der Waals surface area contributed by atoms with Crippen LogP contribution < -0.4 is 20.4 Å². The van der Waals surface area contributed by atoms with Gasteiger partial charge in [0.25, 0.3) is 5.91 Å². The van der Waals surface area contributed by atoms with Crippen LogP contribution in [0.15, 0.2) is 57.7 Å². The second-order valence-corrected chi connectivity index (χ2v) is 6.03. The van der Waals surface area contributed by atoms with Crippen molar-refractivity contribution in [3.63, 3.8) is 0 Å². The van der Waals surface area contributed by atoms with E-state index in [9.17, 15) is 14.4 Å². The lowest BCUT2D eigenvalue weighted by Gasteiger charge is -2.07. The Bertz CT molecular complexity index is 1120.